The predicted octanol–water partition coefficient (Wildman–Crippen LogP) is 16.0. The maximum absolute atomic E-state index is 10.9. The summed E-state index contributed by atoms with van der Waals surface area (Å²) in [6.45, 7) is 10.3. The van der Waals surface area contributed by atoms with Crippen LogP contribution in [0.1, 0.15) is 86.6 Å². The lowest BCUT2D eigenvalue weighted by Crippen LogP contribution is -2.34. The molecule has 0 fully saturated rings. The number of para-hydroxylation sites is 1. The van der Waals surface area contributed by atoms with E-state index in [2.05, 4.69) is 205 Å². The largest absolute Gasteiger partial charge is 0.386 e. The molecule has 1 spiro atoms. The van der Waals surface area contributed by atoms with Gasteiger partial charge in [0.25, 0.3) is 0 Å². The molecule has 6 aliphatic rings. The zero-order chi connectivity index (χ0) is 45.0. The molecule has 0 amide bonds. The number of benzene rings is 6. The Morgan fingerprint density at radius 2 is 1.45 bits per heavy atom. The summed E-state index contributed by atoms with van der Waals surface area (Å²) in [5, 5.41) is 10.9. The number of rotatable bonds is 6. The Labute approximate surface area is 391 Å². The Hall–Kier alpha value is -6.94. The highest BCUT2D eigenvalue weighted by Crippen LogP contribution is 2.66. The number of allylic oxidation sites excluding steroid dienone is 9. The molecule has 1 N–H and O–H groups in total. The number of fused-ring (bicyclic) bond motifs is 10. The average Bonchev–Trinajstić information content (AvgIpc) is 3.76. The lowest BCUT2D eigenvalue weighted by Gasteiger charge is -2.39. The van der Waals surface area contributed by atoms with Crippen LogP contribution in [-0.4, -0.2) is 10.7 Å². The van der Waals surface area contributed by atoms with Gasteiger partial charge in [-0.05, 0) is 179 Å². The van der Waals surface area contributed by atoms with Gasteiger partial charge < -0.3 is 14.9 Å². The summed E-state index contributed by atoms with van der Waals surface area (Å²) in [5.74, 6) is 1.00. The lowest BCUT2D eigenvalue weighted by molar-refractivity contribution is 0.113. The molecule has 1 heterocycles. The second-order valence-electron chi connectivity index (χ2n) is 18.7. The van der Waals surface area contributed by atoms with Crippen LogP contribution < -0.4 is 9.80 Å². The smallest absolute Gasteiger partial charge is 0.0838 e. The molecule has 0 radical (unpaired) electrons. The Kier molecular flexibility index (Phi) is 10.6. The van der Waals surface area contributed by atoms with Crippen molar-refractivity contribution in [1.82, 2.24) is 0 Å². The number of hydrogen-bond acceptors (Lipinski definition) is 3. The molecule has 0 saturated carbocycles. The molecule has 6 aromatic carbocycles. The van der Waals surface area contributed by atoms with Gasteiger partial charge in [-0.15, -0.1) is 0 Å². The molecule has 66 heavy (non-hydrogen) atoms. The molecule has 1 aliphatic heterocycles. The van der Waals surface area contributed by atoms with Gasteiger partial charge in [-0.1, -0.05) is 148 Å². The van der Waals surface area contributed by atoms with Crippen molar-refractivity contribution >= 4 is 28.3 Å². The molecule has 6 aromatic rings. The molecular formula is C63H58N2O. The topological polar surface area (TPSA) is 26.7 Å². The van der Waals surface area contributed by atoms with E-state index < -0.39 is 5.60 Å². The minimum atomic E-state index is -0.875. The Morgan fingerprint density at radius 3 is 2.29 bits per heavy atom. The zero-order valence-electron chi connectivity index (χ0n) is 38.4. The minimum Gasteiger partial charge on any atom is -0.386 e. The molecular weight excluding hydrogens is 801 g/mol. The third-order valence-corrected chi connectivity index (χ3v) is 14.8. The summed E-state index contributed by atoms with van der Waals surface area (Å²) < 4.78 is 0. The number of anilines is 4. The van der Waals surface area contributed by atoms with Crippen molar-refractivity contribution in [2.24, 2.45) is 5.92 Å². The van der Waals surface area contributed by atoms with Crippen LogP contribution in [0.15, 0.2) is 218 Å². The van der Waals surface area contributed by atoms with E-state index in [9.17, 15) is 5.11 Å². The van der Waals surface area contributed by atoms with E-state index in [0.717, 1.165) is 65.4 Å². The average molecular weight is 859 g/mol. The van der Waals surface area contributed by atoms with Gasteiger partial charge in [-0.3, -0.25) is 0 Å². The summed E-state index contributed by atoms with van der Waals surface area (Å²) in [6.07, 6.45) is 26.3. The van der Waals surface area contributed by atoms with Crippen molar-refractivity contribution in [3.8, 4) is 22.3 Å². The van der Waals surface area contributed by atoms with E-state index in [1.165, 1.54) is 50.9 Å². The molecule has 0 saturated heterocycles. The van der Waals surface area contributed by atoms with Crippen molar-refractivity contribution < 1.29 is 5.11 Å². The van der Waals surface area contributed by atoms with Crippen LogP contribution >= 0.6 is 0 Å². The van der Waals surface area contributed by atoms with Gasteiger partial charge in [0.2, 0.25) is 0 Å². The third kappa shape index (κ3) is 6.83. The van der Waals surface area contributed by atoms with E-state index in [0.29, 0.717) is 18.3 Å². The predicted molar refractivity (Wildman–Crippen MR) is 277 cm³/mol. The van der Waals surface area contributed by atoms with Gasteiger partial charge in [-0.2, -0.15) is 0 Å². The Balaban J connectivity index is 0.00000238. The first-order valence-electron chi connectivity index (χ1n) is 24.1. The first kappa shape index (κ1) is 41.7. The van der Waals surface area contributed by atoms with Crippen LogP contribution in [0.2, 0.25) is 0 Å². The van der Waals surface area contributed by atoms with Crippen molar-refractivity contribution in [2.75, 3.05) is 9.80 Å². The maximum atomic E-state index is 10.9. The van der Waals surface area contributed by atoms with Gasteiger partial charge in [0.1, 0.15) is 0 Å². The third-order valence-electron chi connectivity index (χ3n) is 14.8. The normalized spacial score (nSPS) is 23.0. The van der Waals surface area contributed by atoms with Crippen molar-refractivity contribution in [3.05, 3.63) is 246 Å². The molecule has 326 valence electrons. The highest BCUT2D eigenvalue weighted by molar-refractivity contribution is 5.92. The van der Waals surface area contributed by atoms with Gasteiger partial charge in [0.05, 0.1) is 5.60 Å². The van der Waals surface area contributed by atoms with E-state index >= 15 is 0 Å². The second kappa shape index (κ2) is 16.8. The monoisotopic (exact) mass is 858 g/mol. The maximum Gasteiger partial charge on any atom is 0.0838 e. The number of hydrogen-bond donors (Lipinski definition) is 1. The van der Waals surface area contributed by atoms with Gasteiger partial charge in [-0.25, -0.2) is 0 Å². The fourth-order valence-corrected chi connectivity index (χ4v) is 12.0. The molecule has 0 aromatic heterocycles. The molecule has 3 heteroatoms. The standard InChI is InChI=1S/C61H52N2O.C2H6/c1-41-14-12-16-46-38-44(29-33-59(46)62(41)47-17-4-3-5-18-47)42-26-30-48(31-27-42)63(49-34-36-60(2,64)37-35-49)50-19-13-15-43(39-50)45-28-32-58-54(40-45)53-22-8-11-25-57(53)61(58)55-23-9-6-20-51(55)52-21-7-10-24-56(52)61;1-2/h3-6,8-10,12-15,17-20,22-24,26-36,38-40,52,56,64H,1,7,11,16,21,25,37H2,2H3;1-2H3. The molecule has 12 rings (SSSR count). The van der Waals surface area contributed by atoms with Crippen molar-refractivity contribution in [3.63, 3.8) is 0 Å². The molecule has 3 nitrogen and oxygen atoms in total. The van der Waals surface area contributed by atoms with Crippen LogP contribution in [0, 0.1) is 5.92 Å². The van der Waals surface area contributed by atoms with Crippen LogP contribution in [0.4, 0.5) is 22.7 Å². The van der Waals surface area contributed by atoms with Gasteiger partial charge >= 0.3 is 0 Å². The lowest BCUT2D eigenvalue weighted by atomic mass is 9.63. The fraction of sp³-hybridized carbons (Fsp3) is 0.206. The summed E-state index contributed by atoms with van der Waals surface area (Å²) in [7, 11) is 0. The van der Waals surface area contributed by atoms with E-state index in [1.807, 2.05) is 26.8 Å². The molecule has 4 unspecified atom stereocenters. The van der Waals surface area contributed by atoms with Gasteiger partial charge in [0, 0.05) is 45.5 Å². The highest BCUT2D eigenvalue weighted by Gasteiger charge is 2.58. The highest BCUT2D eigenvalue weighted by atomic mass is 16.3. The van der Waals surface area contributed by atoms with Crippen molar-refractivity contribution in [2.45, 2.75) is 76.2 Å². The van der Waals surface area contributed by atoms with Crippen LogP contribution in [-0.2, 0) is 11.8 Å². The van der Waals surface area contributed by atoms with E-state index in [1.54, 1.807) is 11.1 Å². The first-order valence-corrected chi connectivity index (χ1v) is 24.1. The Bertz CT molecular complexity index is 3060. The van der Waals surface area contributed by atoms with E-state index in [-0.39, 0.29) is 5.41 Å². The van der Waals surface area contributed by atoms with Crippen LogP contribution in [0.5, 0.6) is 0 Å². The second-order valence-corrected chi connectivity index (χ2v) is 18.7. The number of aliphatic hydroxyl groups is 1. The fourth-order valence-electron chi connectivity index (χ4n) is 12.0. The summed E-state index contributed by atoms with van der Waals surface area (Å²) in [4.78, 5) is 4.58. The summed E-state index contributed by atoms with van der Waals surface area (Å²) in [6, 6.07) is 51.9. The Morgan fingerprint density at radius 1 is 0.682 bits per heavy atom. The quantitative estimate of drug-likeness (QED) is 0.169. The SMILES string of the molecule is C=C1C=CCc2cc(-c3ccc(N(C4=CCC(C)(O)C=C4)c4cccc(-c5ccc6c(c5)C5=C(CCC=C5)C65c6ccccc6C6CCC=CC65)c4)cc3)ccc2N1c1ccccc1.CC. The van der Waals surface area contributed by atoms with Crippen LogP contribution in [0.3, 0.4) is 0 Å². The van der Waals surface area contributed by atoms with Gasteiger partial charge in [0.15, 0.2) is 0 Å². The molecule has 0 bridgehead atoms. The molecule has 5 aliphatic carbocycles. The zero-order valence-corrected chi connectivity index (χ0v) is 38.4. The summed E-state index contributed by atoms with van der Waals surface area (Å²) in [5.41, 5.74) is 20.5. The number of nitrogens with zero attached hydrogens (tertiary/aromatic N) is 2. The first-order chi connectivity index (χ1) is 32.4. The van der Waals surface area contributed by atoms with Crippen molar-refractivity contribution in [1.29, 1.82) is 0 Å². The molecule has 4 atom stereocenters. The minimum absolute atomic E-state index is 0.106. The van der Waals surface area contributed by atoms with Crippen LogP contribution in [0.25, 0.3) is 27.8 Å². The summed E-state index contributed by atoms with van der Waals surface area (Å²) >= 11 is 0. The van der Waals surface area contributed by atoms with E-state index in [4.69, 9.17) is 0 Å².